The van der Waals surface area contributed by atoms with Crippen LogP contribution in [0.3, 0.4) is 0 Å². The van der Waals surface area contributed by atoms with Crippen LogP contribution in [0.15, 0.2) is 47.0 Å². The third-order valence-electron chi connectivity index (χ3n) is 5.06. The van der Waals surface area contributed by atoms with Crippen molar-refractivity contribution in [3.8, 4) is 11.5 Å². The molecule has 0 N–H and O–H groups in total. The number of aromatic nitrogens is 2. The Labute approximate surface area is 163 Å². The molecule has 1 saturated heterocycles. The molecule has 0 spiro atoms. The summed E-state index contributed by atoms with van der Waals surface area (Å²) in [5.74, 6) is 1.15. The maximum absolute atomic E-state index is 12.4. The number of likely N-dealkylation sites (tertiary alicyclic amines) is 1. The molecule has 1 fully saturated rings. The van der Waals surface area contributed by atoms with Crippen LogP contribution in [-0.4, -0.2) is 27.5 Å². The fraction of sp³-hybridized carbons (Fsp3) is 0.286. The van der Waals surface area contributed by atoms with Gasteiger partial charge in [-0.15, -0.1) is 0 Å². The van der Waals surface area contributed by atoms with E-state index in [0.29, 0.717) is 36.2 Å². The predicted molar refractivity (Wildman–Crippen MR) is 103 cm³/mol. The SMILES string of the molecule is Cc1ccc(-c2nc(C3CC(=O)N(Cc4ccc(Cl)cc4)C3)no2)cc1C. The van der Waals surface area contributed by atoms with Crippen molar-refractivity contribution in [1.82, 2.24) is 15.0 Å². The van der Waals surface area contributed by atoms with Crippen molar-refractivity contribution in [2.45, 2.75) is 32.7 Å². The van der Waals surface area contributed by atoms with Crippen LogP contribution in [0.1, 0.15) is 34.9 Å². The van der Waals surface area contributed by atoms with Crippen LogP contribution in [0.5, 0.6) is 0 Å². The van der Waals surface area contributed by atoms with E-state index in [-0.39, 0.29) is 11.8 Å². The molecule has 1 aliphatic rings. The van der Waals surface area contributed by atoms with Gasteiger partial charge in [0, 0.05) is 36.0 Å². The number of hydrogen-bond donors (Lipinski definition) is 0. The van der Waals surface area contributed by atoms with E-state index in [9.17, 15) is 4.79 Å². The number of nitrogens with zero attached hydrogens (tertiary/aromatic N) is 3. The molecule has 138 valence electrons. The zero-order chi connectivity index (χ0) is 19.0. The Bertz CT molecular complexity index is 981. The van der Waals surface area contributed by atoms with Gasteiger partial charge in [0.2, 0.25) is 5.91 Å². The Morgan fingerprint density at radius 3 is 2.67 bits per heavy atom. The molecule has 4 rings (SSSR count). The lowest BCUT2D eigenvalue weighted by Crippen LogP contribution is -2.24. The van der Waals surface area contributed by atoms with E-state index in [1.807, 2.05) is 47.4 Å². The van der Waals surface area contributed by atoms with Crippen molar-refractivity contribution in [3.05, 3.63) is 70.0 Å². The van der Waals surface area contributed by atoms with E-state index in [1.165, 1.54) is 11.1 Å². The number of rotatable bonds is 4. The van der Waals surface area contributed by atoms with E-state index < -0.39 is 0 Å². The first-order chi connectivity index (χ1) is 13.0. The number of halogens is 1. The topological polar surface area (TPSA) is 59.2 Å². The molecule has 1 atom stereocenters. The van der Waals surface area contributed by atoms with Gasteiger partial charge in [0.15, 0.2) is 5.82 Å². The molecule has 1 unspecified atom stereocenters. The number of benzene rings is 2. The van der Waals surface area contributed by atoms with E-state index >= 15 is 0 Å². The number of amides is 1. The molecule has 0 bridgehead atoms. The summed E-state index contributed by atoms with van der Waals surface area (Å²) in [5, 5.41) is 4.82. The van der Waals surface area contributed by atoms with E-state index in [0.717, 1.165) is 11.1 Å². The molecular formula is C21H20ClN3O2. The monoisotopic (exact) mass is 381 g/mol. The van der Waals surface area contributed by atoms with E-state index in [1.54, 1.807) is 0 Å². The highest BCUT2D eigenvalue weighted by Gasteiger charge is 2.33. The zero-order valence-electron chi connectivity index (χ0n) is 15.3. The predicted octanol–water partition coefficient (Wildman–Crippen LogP) is 4.52. The van der Waals surface area contributed by atoms with Gasteiger partial charge >= 0.3 is 0 Å². The third-order valence-corrected chi connectivity index (χ3v) is 5.31. The van der Waals surface area contributed by atoms with Gasteiger partial charge in [-0.3, -0.25) is 4.79 Å². The van der Waals surface area contributed by atoms with Gasteiger partial charge < -0.3 is 9.42 Å². The Kier molecular flexibility index (Phi) is 4.70. The average molecular weight is 382 g/mol. The first kappa shape index (κ1) is 17.7. The molecule has 1 aliphatic heterocycles. The zero-order valence-corrected chi connectivity index (χ0v) is 16.0. The first-order valence-electron chi connectivity index (χ1n) is 8.93. The summed E-state index contributed by atoms with van der Waals surface area (Å²) in [6, 6.07) is 13.6. The highest BCUT2D eigenvalue weighted by Crippen LogP contribution is 2.29. The largest absolute Gasteiger partial charge is 0.338 e. The van der Waals surface area contributed by atoms with Crippen LogP contribution >= 0.6 is 11.6 Å². The Morgan fingerprint density at radius 1 is 1.15 bits per heavy atom. The highest BCUT2D eigenvalue weighted by molar-refractivity contribution is 6.30. The second-order valence-electron chi connectivity index (χ2n) is 7.06. The summed E-state index contributed by atoms with van der Waals surface area (Å²) < 4.78 is 5.45. The summed E-state index contributed by atoms with van der Waals surface area (Å²) in [5.41, 5.74) is 4.35. The van der Waals surface area contributed by atoms with E-state index in [4.69, 9.17) is 16.1 Å². The molecule has 2 aromatic carbocycles. The first-order valence-corrected chi connectivity index (χ1v) is 9.31. The van der Waals surface area contributed by atoms with Crippen molar-refractivity contribution in [2.24, 2.45) is 0 Å². The van der Waals surface area contributed by atoms with Gasteiger partial charge in [0.05, 0.1) is 0 Å². The summed E-state index contributed by atoms with van der Waals surface area (Å²) in [4.78, 5) is 18.8. The van der Waals surface area contributed by atoms with Crippen molar-refractivity contribution >= 4 is 17.5 Å². The molecule has 0 aliphatic carbocycles. The maximum atomic E-state index is 12.4. The van der Waals surface area contributed by atoms with E-state index in [2.05, 4.69) is 24.0 Å². The van der Waals surface area contributed by atoms with Crippen molar-refractivity contribution in [2.75, 3.05) is 6.54 Å². The molecule has 2 heterocycles. The lowest BCUT2D eigenvalue weighted by atomic mass is 10.1. The second-order valence-corrected chi connectivity index (χ2v) is 7.49. The Balaban J connectivity index is 1.48. The summed E-state index contributed by atoms with van der Waals surface area (Å²) >= 11 is 5.92. The third kappa shape index (κ3) is 3.74. The molecule has 27 heavy (non-hydrogen) atoms. The van der Waals surface area contributed by atoms with Gasteiger partial charge in [0.1, 0.15) is 0 Å². The number of carbonyl (C=O) groups excluding carboxylic acids is 1. The molecule has 5 nitrogen and oxygen atoms in total. The minimum absolute atomic E-state index is 0.0474. The number of hydrogen-bond acceptors (Lipinski definition) is 4. The van der Waals surface area contributed by atoms with Gasteiger partial charge in [0.25, 0.3) is 5.89 Å². The highest BCUT2D eigenvalue weighted by atomic mass is 35.5. The molecular weight excluding hydrogens is 362 g/mol. The van der Waals surface area contributed by atoms with Crippen LogP contribution < -0.4 is 0 Å². The average Bonchev–Trinajstić information content (AvgIpc) is 3.27. The summed E-state index contributed by atoms with van der Waals surface area (Å²) in [6.45, 7) is 5.28. The smallest absolute Gasteiger partial charge is 0.257 e. The van der Waals surface area contributed by atoms with Crippen LogP contribution in [0.2, 0.25) is 5.02 Å². The maximum Gasteiger partial charge on any atom is 0.257 e. The fourth-order valence-electron chi connectivity index (χ4n) is 3.30. The lowest BCUT2D eigenvalue weighted by Gasteiger charge is -2.16. The van der Waals surface area contributed by atoms with Crippen LogP contribution in [0.4, 0.5) is 0 Å². The number of carbonyl (C=O) groups is 1. The standard InChI is InChI=1S/C21H20ClN3O2/c1-13-3-6-16(9-14(13)2)21-23-20(24-27-21)17-10-19(26)25(12-17)11-15-4-7-18(22)8-5-15/h3-9,17H,10-12H2,1-2H3. The van der Waals surface area contributed by atoms with Gasteiger partial charge in [-0.25, -0.2) is 0 Å². The van der Waals surface area contributed by atoms with Gasteiger partial charge in [-0.1, -0.05) is 35.0 Å². The number of aryl methyl sites for hydroxylation is 2. The Morgan fingerprint density at radius 2 is 1.93 bits per heavy atom. The fourth-order valence-corrected chi connectivity index (χ4v) is 3.43. The molecule has 0 radical (unpaired) electrons. The Hall–Kier alpha value is -2.66. The molecule has 0 saturated carbocycles. The van der Waals surface area contributed by atoms with Crippen LogP contribution in [0.25, 0.3) is 11.5 Å². The lowest BCUT2D eigenvalue weighted by molar-refractivity contribution is -0.128. The van der Waals surface area contributed by atoms with Gasteiger partial charge in [-0.2, -0.15) is 4.98 Å². The van der Waals surface area contributed by atoms with Crippen molar-refractivity contribution in [1.29, 1.82) is 0 Å². The van der Waals surface area contributed by atoms with Crippen LogP contribution in [-0.2, 0) is 11.3 Å². The van der Waals surface area contributed by atoms with Crippen molar-refractivity contribution in [3.63, 3.8) is 0 Å². The second kappa shape index (κ2) is 7.16. The normalized spacial score (nSPS) is 16.9. The molecule has 6 heteroatoms. The minimum Gasteiger partial charge on any atom is -0.338 e. The molecule has 3 aromatic rings. The van der Waals surface area contributed by atoms with Crippen molar-refractivity contribution < 1.29 is 9.32 Å². The quantitative estimate of drug-likeness (QED) is 0.666. The molecule has 1 aromatic heterocycles. The minimum atomic E-state index is -0.0474. The summed E-state index contributed by atoms with van der Waals surface area (Å²) in [7, 11) is 0. The van der Waals surface area contributed by atoms with Crippen LogP contribution in [0, 0.1) is 13.8 Å². The summed E-state index contributed by atoms with van der Waals surface area (Å²) in [6.07, 6.45) is 0.402. The van der Waals surface area contributed by atoms with Gasteiger partial charge in [-0.05, 0) is 54.8 Å². The molecule has 1 amide bonds.